The van der Waals surface area contributed by atoms with Crippen molar-refractivity contribution < 1.29 is 17.7 Å². The van der Waals surface area contributed by atoms with Crippen molar-refractivity contribution in [2.75, 3.05) is 17.7 Å². The van der Waals surface area contributed by atoms with Gasteiger partial charge in [-0.05, 0) is 19.3 Å². The van der Waals surface area contributed by atoms with Gasteiger partial charge >= 0.3 is 0 Å². The Morgan fingerprint density at radius 3 is 2.81 bits per heavy atom. The molecule has 3 heterocycles. The number of carbonyl (C=O) groups excluding carboxylic acids is 1. The highest BCUT2D eigenvalue weighted by atomic mass is 32.2. The number of hydrogen-bond acceptors (Lipinski definition) is 7. The molecule has 1 aliphatic heterocycles. The summed E-state index contributed by atoms with van der Waals surface area (Å²) in [5.41, 5.74) is 0. The third-order valence-electron chi connectivity index (χ3n) is 4.53. The van der Waals surface area contributed by atoms with Crippen molar-refractivity contribution in [2.45, 2.75) is 45.2 Å². The van der Waals surface area contributed by atoms with Gasteiger partial charge in [-0.3, -0.25) is 14.4 Å². The van der Waals surface area contributed by atoms with E-state index in [9.17, 15) is 13.2 Å². The first-order valence-electron chi connectivity index (χ1n) is 8.89. The average Bonchev–Trinajstić information content (AvgIpc) is 3.22. The minimum Gasteiger partial charge on any atom is -0.339 e. The lowest BCUT2D eigenvalue weighted by molar-refractivity contribution is -0.123. The number of rotatable bonds is 7. The Balaban J connectivity index is 1.85. The van der Waals surface area contributed by atoms with E-state index >= 15 is 0 Å². The minimum atomic E-state index is -3.66. The van der Waals surface area contributed by atoms with E-state index in [0.29, 0.717) is 37.5 Å². The van der Waals surface area contributed by atoms with Crippen LogP contribution >= 0.6 is 0 Å². The number of hydrogen-bond donors (Lipinski definition) is 0. The van der Waals surface area contributed by atoms with Crippen LogP contribution in [0.4, 0.5) is 5.82 Å². The molecular weight excluding hydrogens is 372 g/mol. The molecule has 2 aromatic heterocycles. The molecule has 3 rings (SSSR count). The molecule has 2 aromatic rings. The summed E-state index contributed by atoms with van der Waals surface area (Å²) in [5.74, 6) is 1.09. The molecule has 27 heavy (non-hydrogen) atoms. The first-order valence-corrected chi connectivity index (χ1v) is 10.7. The molecule has 0 aliphatic carbocycles. The van der Waals surface area contributed by atoms with Crippen molar-refractivity contribution >= 4 is 21.7 Å². The third kappa shape index (κ3) is 4.19. The van der Waals surface area contributed by atoms with Crippen molar-refractivity contribution in [3.63, 3.8) is 0 Å². The number of aryl methyl sites for hydroxylation is 2. The maximum atomic E-state index is 13.1. The van der Waals surface area contributed by atoms with Crippen LogP contribution in [0.25, 0.3) is 0 Å². The van der Waals surface area contributed by atoms with Gasteiger partial charge in [0.05, 0.1) is 19.0 Å². The number of nitrogens with zero attached hydrogens (tertiary/aromatic N) is 6. The number of piperidine rings is 1. The van der Waals surface area contributed by atoms with E-state index < -0.39 is 16.1 Å². The highest BCUT2D eigenvalue weighted by Gasteiger charge is 2.39. The van der Waals surface area contributed by atoms with Crippen LogP contribution in [0, 0.1) is 0 Å². The van der Waals surface area contributed by atoms with Crippen LogP contribution in [0.15, 0.2) is 16.8 Å². The number of amides is 1. The van der Waals surface area contributed by atoms with Crippen molar-refractivity contribution in [3.8, 4) is 0 Å². The number of carbonyl (C=O) groups is 1. The predicted molar refractivity (Wildman–Crippen MR) is 97.3 cm³/mol. The summed E-state index contributed by atoms with van der Waals surface area (Å²) in [6.07, 6.45) is 5.30. The van der Waals surface area contributed by atoms with E-state index in [1.165, 1.54) is 4.31 Å². The zero-order valence-corrected chi connectivity index (χ0v) is 16.5. The summed E-state index contributed by atoms with van der Waals surface area (Å²) in [6.45, 7) is 2.41. The van der Waals surface area contributed by atoms with Gasteiger partial charge in [-0.25, -0.2) is 8.42 Å². The molecule has 1 fully saturated rings. The Hall–Kier alpha value is -2.27. The molecule has 0 aromatic carbocycles. The molecule has 1 atom stereocenters. The molecule has 0 N–H and O–H groups in total. The molecular formula is C16H24N6O4S. The molecule has 0 spiro atoms. The Kier molecular flexibility index (Phi) is 5.61. The predicted octanol–water partition coefficient (Wildman–Crippen LogP) is 0.713. The topological polar surface area (TPSA) is 114 Å². The molecule has 0 saturated carbocycles. The zero-order chi connectivity index (χ0) is 19.6. The number of aromatic nitrogens is 4. The van der Waals surface area contributed by atoms with E-state index in [4.69, 9.17) is 4.52 Å². The minimum absolute atomic E-state index is 0.0956. The van der Waals surface area contributed by atoms with Crippen molar-refractivity contribution in [1.29, 1.82) is 0 Å². The van der Waals surface area contributed by atoms with Crippen LogP contribution in [0.1, 0.15) is 37.9 Å². The second kappa shape index (κ2) is 7.77. The van der Waals surface area contributed by atoms with Gasteiger partial charge in [0, 0.05) is 26.1 Å². The molecule has 0 bridgehead atoms. The second-order valence-electron chi connectivity index (χ2n) is 6.62. The van der Waals surface area contributed by atoms with Gasteiger partial charge in [-0.15, -0.1) is 0 Å². The van der Waals surface area contributed by atoms with Gasteiger partial charge in [0.1, 0.15) is 11.9 Å². The molecule has 10 nitrogen and oxygen atoms in total. The lowest BCUT2D eigenvalue weighted by atomic mass is 10.0. The van der Waals surface area contributed by atoms with Crippen LogP contribution in [-0.4, -0.2) is 57.4 Å². The molecule has 1 amide bonds. The van der Waals surface area contributed by atoms with E-state index in [1.54, 1.807) is 28.9 Å². The van der Waals surface area contributed by atoms with E-state index in [-0.39, 0.29) is 18.3 Å². The van der Waals surface area contributed by atoms with Crippen LogP contribution < -0.4 is 4.90 Å². The summed E-state index contributed by atoms with van der Waals surface area (Å²) in [7, 11) is -1.91. The Morgan fingerprint density at radius 2 is 2.19 bits per heavy atom. The highest BCUT2D eigenvalue weighted by molar-refractivity contribution is 7.88. The summed E-state index contributed by atoms with van der Waals surface area (Å²) < 4.78 is 32.8. The third-order valence-corrected chi connectivity index (χ3v) is 5.76. The first-order chi connectivity index (χ1) is 12.8. The number of anilines is 1. The summed E-state index contributed by atoms with van der Waals surface area (Å²) in [5, 5.41) is 7.95. The fourth-order valence-electron chi connectivity index (χ4n) is 3.25. The molecule has 0 radical (unpaired) electrons. The van der Waals surface area contributed by atoms with Crippen molar-refractivity contribution in [3.05, 3.63) is 24.0 Å². The fraction of sp³-hybridized carbons (Fsp3) is 0.625. The van der Waals surface area contributed by atoms with Crippen LogP contribution in [0.5, 0.6) is 0 Å². The normalized spacial score (nSPS) is 18.4. The molecule has 0 unspecified atom stereocenters. The highest BCUT2D eigenvalue weighted by Crippen LogP contribution is 2.25. The second-order valence-corrected chi connectivity index (χ2v) is 8.56. The largest absolute Gasteiger partial charge is 0.339 e. The standard InChI is InChI=1S/C16H24N6O4S/c1-4-6-14-18-13(19-26-14)11-22(27(3,24)25)12-7-5-10-21(16(12)23)15-8-9-17-20(15)2/h8-9,12H,4-7,10-11H2,1-3H3/t12-/m1/s1. The van der Waals surface area contributed by atoms with Gasteiger partial charge in [-0.1, -0.05) is 12.1 Å². The monoisotopic (exact) mass is 396 g/mol. The fourth-order valence-corrected chi connectivity index (χ4v) is 4.26. The van der Waals surface area contributed by atoms with Gasteiger partial charge < -0.3 is 4.52 Å². The lowest BCUT2D eigenvalue weighted by Crippen LogP contribution is -2.54. The molecule has 11 heteroatoms. The molecule has 1 saturated heterocycles. The zero-order valence-electron chi connectivity index (χ0n) is 15.7. The quantitative estimate of drug-likeness (QED) is 0.677. The number of sulfonamides is 1. The summed E-state index contributed by atoms with van der Waals surface area (Å²) in [6, 6.07) is 0.929. The average molecular weight is 396 g/mol. The molecule has 1 aliphatic rings. The van der Waals surface area contributed by atoms with Crippen molar-refractivity contribution in [2.24, 2.45) is 7.05 Å². The van der Waals surface area contributed by atoms with Crippen LogP contribution in [0.2, 0.25) is 0 Å². The Morgan fingerprint density at radius 1 is 1.41 bits per heavy atom. The van der Waals surface area contributed by atoms with Crippen molar-refractivity contribution in [1.82, 2.24) is 24.2 Å². The van der Waals surface area contributed by atoms with E-state index in [0.717, 1.165) is 12.7 Å². The van der Waals surface area contributed by atoms with E-state index in [2.05, 4.69) is 15.2 Å². The van der Waals surface area contributed by atoms with Gasteiger partial charge in [0.15, 0.2) is 5.82 Å². The SMILES string of the molecule is CCCc1nc(CN([C@@H]2CCCN(c3ccnn3C)C2=O)S(C)(=O)=O)no1. The first kappa shape index (κ1) is 19.5. The Labute approximate surface area is 158 Å². The summed E-state index contributed by atoms with van der Waals surface area (Å²) in [4.78, 5) is 18.9. The van der Waals surface area contributed by atoms with E-state index in [1.807, 2.05) is 6.92 Å². The maximum absolute atomic E-state index is 13.1. The van der Waals surface area contributed by atoms with Gasteiger partial charge in [0.2, 0.25) is 21.8 Å². The molecule has 148 valence electrons. The van der Waals surface area contributed by atoms with Crippen LogP contribution in [-0.2, 0) is 34.8 Å². The summed E-state index contributed by atoms with van der Waals surface area (Å²) >= 11 is 0. The smallest absolute Gasteiger partial charge is 0.246 e. The van der Waals surface area contributed by atoms with Gasteiger partial charge in [-0.2, -0.15) is 14.4 Å². The maximum Gasteiger partial charge on any atom is 0.246 e. The Bertz CT molecular complexity index is 906. The van der Waals surface area contributed by atoms with Crippen LogP contribution in [0.3, 0.4) is 0 Å². The van der Waals surface area contributed by atoms with Gasteiger partial charge in [0.25, 0.3) is 0 Å². The lowest BCUT2D eigenvalue weighted by Gasteiger charge is -2.36.